The summed E-state index contributed by atoms with van der Waals surface area (Å²) >= 11 is 6.68. The van der Waals surface area contributed by atoms with Gasteiger partial charge in [0.1, 0.15) is 11.5 Å². The van der Waals surface area contributed by atoms with Crippen LogP contribution in [0.2, 0.25) is 0 Å². The van der Waals surface area contributed by atoms with Gasteiger partial charge in [0.15, 0.2) is 6.79 Å². The number of rotatable bonds is 2. The molecule has 1 heterocycles. The highest BCUT2D eigenvalue weighted by molar-refractivity contribution is 9.11. The Morgan fingerprint density at radius 2 is 2.05 bits per heavy atom. The molecule has 0 saturated carbocycles. The Balaban J connectivity index is 1.89. The minimum absolute atomic E-state index is 0.159. The lowest BCUT2D eigenvalue weighted by atomic mass is 10.1. The van der Waals surface area contributed by atoms with E-state index in [4.69, 9.17) is 9.47 Å². The fourth-order valence-corrected chi connectivity index (χ4v) is 3.24. The van der Waals surface area contributed by atoms with Crippen molar-refractivity contribution in [2.45, 2.75) is 6.61 Å². The van der Waals surface area contributed by atoms with Gasteiger partial charge >= 0.3 is 0 Å². The quantitative estimate of drug-likeness (QED) is 0.737. The fraction of sp³-hybridized carbons (Fsp3) is 0.133. The van der Waals surface area contributed by atoms with E-state index in [1.807, 2.05) is 18.2 Å². The maximum atomic E-state index is 9.99. The molecule has 1 aliphatic heterocycles. The third-order valence-corrected chi connectivity index (χ3v) is 4.07. The molecular formula is C15H11Br2NO3. The van der Waals surface area contributed by atoms with Gasteiger partial charge in [-0.2, -0.15) is 0 Å². The second-order valence-electron chi connectivity index (χ2n) is 4.49. The summed E-state index contributed by atoms with van der Waals surface area (Å²) in [7, 11) is 0. The lowest BCUT2D eigenvalue weighted by molar-refractivity contribution is -0.0163. The Bertz CT molecular complexity index is 716. The zero-order valence-electron chi connectivity index (χ0n) is 10.8. The molecule has 2 aromatic carbocycles. The van der Waals surface area contributed by atoms with Crippen molar-refractivity contribution in [1.82, 2.24) is 0 Å². The Morgan fingerprint density at radius 1 is 1.19 bits per heavy atom. The van der Waals surface area contributed by atoms with Crippen LogP contribution in [0, 0.1) is 0 Å². The first-order chi connectivity index (χ1) is 10.1. The van der Waals surface area contributed by atoms with Crippen molar-refractivity contribution in [3.05, 3.63) is 50.4 Å². The normalized spacial score (nSPS) is 14.0. The highest BCUT2D eigenvalue weighted by atomic mass is 79.9. The van der Waals surface area contributed by atoms with E-state index in [0.29, 0.717) is 16.6 Å². The highest BCUT2D eigenvalue weighted by Crippen LogP contribution is 2.32. The van der Waals surface area contributed by atoms with Crippen molar-refractivity contribution in [2.24, 2.45) is 4.99 Å². The van der Waals surface area contributed by atoms with Crippen LogP contribution in [0.5, 0.6) is 11.5 Å². The molecule has 108 valence electrons. The molecule has 0 aromatic heterocycles. The van der Waals surface area contributed by atoms with Crippen LogP contribution >= 0.6 is 31.9 Å². The number of hydrogen-bond donors (Lipinski definition) is 1. The number of phenols is 1. The monoisotopic (exact) mass is 411 g/mol. The third kappa shape index (κ3) is 3.28. The number of hydrogen-bond acceptors (Lipinski definition) is 4. The van der Waals surface area contributed by atoms with Crippen LogP contribution in [-0.2, 0) is 11.3 Å². The van der Waals surface area contributed by atoms with E-state index in [1.165, 1.54) is 0 Å². The molecule has 0 unspecified atom stereocenters. The molecule has 4 nitrogen and oxygen atoms in total. The molecular weight excluding hydrogens is 402 g/mol. The summed E-state index contributed by atoms with van der Waals surface area (Å²) in [4.78, 5) is 4.39. The van der Waals surface area contributed by atoms with Crippen LogP contribution in [0.25, 0.3) is 0 Å². The number of nitrogens with zero attached hydrogens (tertiary/aromatic N) is 1. The molecule has 0 radical (unpaired) electrons. The lowest BCUT2D eigenvalue weighted by Gasteiger charge is -2.17. The Morgan fingerprint density at radius 3 is 2.90 bits per heavy atom. The average Bonchev–Trinajstić information content (AvgIpc) is 2.49. The highest BCUT2D eigenvalue weighted by Gasteiger charge is 2.10. The summed E-state index contributed by atoms with van der Waals surface area (Å²) in [6.07, 6.45) is 1.62. The zero-order chi connectivity index (χ0) is 14.8. The Kier molecular flexibility index (Phi) is 4.28. The zero-order valence-corrected chi connectivity index (χ0v) is 14.0. The Hall–Kier alpha value is -1.37. The maximum Gasteiger partial charge on any atom is 0.189 e. The average molecular weight is 413 g/mol. The lowest BCUT2D eigenvalue weighted by Crippen LogP contribution is -2.10. The summed E-state index contributed by atoms with van der Waals surface area (Å²) in [5.74, 6) is 0.986. The molecule has 2 aromatic rings. The first-order valence-corrected chi connectivity index (χ1v) is 7.77. The van der Waals surface area contributed by atoms with Crippen LogP contribution in [0.4, 0.5) is 5.69 Å². The number of fused-ring (bicyclic) bond motifs is 1. The van der Waals surface area contributed by atoms with Crippen LogP contribution in [0.1, 0.15) is 11.1 Å². The molecule has 1 N–H and O–H groups in total. The van der Waals surface area contributed by atoms with Gasteiger partial charge < -0.3 is 14.6 Å². The molecule has 0 fully saturated rings. The van der Waals surface area contributed by atoms with E-state index in [2.05, 4.69) is 36.9 Å². The number of phenolic OH excluding ortho intramolecular Hbond substituents is 1. The standard InChI is InChI=1S/C15H11Br2NO3/c16-11-3-9(15(19)13(17)5-11)6-18-12-1-2-14-10(4-12)7-20-8-21-14/h1-6,19H,7-8H2. The molecule has 0 amide bonds. The van der Waals surface area contributed by atoms with Gasteiger partial charge in [0.05, 0.1) is 16.8 Å². The van der Waals surface area contributed by atoms with Crippen molar-refractivity contribution in [1.29, 1.82) is 0 Å². The van der Waals surface area contributed by atoms with Crippen LogP contribution in [0.15, 0.2) is 44.3 Å². The summed E-state index contributed by atoms with van der Waals surface area (Å²) in [5.41, 5.74) is 2.37. The predicted molar refractivity (Wildman–Crippen MR) is 87.5 cm³/mol. The van der Waals surface area contributed by atoms with Gasteiger partial charge in [0, 0.05) is 21.8 Å². The topological polar surface area (TPSA) is 51.1 Å². The second-order valence-corrected chi connectivity index (χ2v) is 6.26. The van der Waals surface area contributed by atoms with Crippen molar-refractivity contribution >= 4 is 43.8 Å². The third-order valence-electron chi connectivity index (χ3n) is 3.01. The van der Waals surface area contributed by atoms with E-state index in [1.54, 1.807) is 18.3 Å². The van der Waals surface area contributed by atoms with Gasteiger partial charge in [-0.05, 0) is 46.3 Å². The number of benzene rings is 2. The molecule has 6 heteroatoms. The van der Waals surface area contributed by atoms with E-state index in [9.17, 15) is 5.11 Å². The van der Waals surface area contributed by atoms with Crippen LogP contribution in [-0.4, -0.2) is 18.1 Å². The Labute approximate surface area is 138 Å². The van der Waals surface area contributed by atoms with Gasteiger partial charge in [-0.15, -0.1) is 0 Å². The molecule has 0 atom stereocenters. The first-order valence-electron chi connectivity index (χ1n) is 6.19. The van der Waals surface area contributed by atoms with Gasteiger partial charge in [-0.25, -0.2) is 0 Å². The van der Waals surface area contributed by atoms with E-state index >= 15 is 0 Å². The number of aromatic hydroxyl groups is 1. The SMILES string of the molecule is Oc1c(Br)cc(Br)cc1C=Nc1ccc2c(c1)COCO2. The fourth-order valence-electron chi connectivity index (χ4n) is 1.98. The predicted octanol–water partition coefficient (Wildman–Crippen LogP) is 4.53. The molecule has 3 rings (SSSR count). The molecule has 1 aliphatic rings. The van der Waals surface area contributed by atoms with Gasteiger partial charge in [0.25, 0.3) is 0 Å². The number of aliphatic imine (C=N–C) groups is 1. The van der Waals surface area contributed by atoms with E-state index < -0.39 is 0 Å². The summed E-state index contributed by atoms with van der Waals surface area (Å²) < 4.78 is 12.1. The molecule has 0 aliphatic carbocycles. The summed E-state index contributed by atoms with van der Waals surface area (Å²) in [6, 6.07) is 9.23. The summed E-state index contributed by atoms with van der Waals surface area (Å²) in [5, 5.41) is 9.99. The molecule has 0 bridgehead atoms. The molecule has 0 saturated heterocycles. The first kappa shape index (κ1) is 14.6. The van der Waals surface area contributed by atoms with Gasteiger partial charge in [-0.3, -0.25) is 4.99 Å². The van der Waals surface area contributed by atoms with Gasteiger partial charge in [0.2, 0.25) is 0 Å². The number of ether oxygens (including phenoxy) is 2. The van der Waals surface area contributed by atoms with Crippen molar-refractivity contribution in [3.8, 4) is 11.5 Å². The smallest absolute Gasteiger partial charge is 0.189 e. The number of halogens is 2. The van der Waals surface area contributed by atoms with Crippen molar-refractivity contribution in [3.63, 3.8) is 0 Å². The van der Waals surface area contributed by atoms with Crippen molar-refractivity contribution in [2.75, 3.05) is 6.79 Å². The van der Waals surface area contributed by atoms with Crippen LogP contribution < -0.4 is 4.74 Å². The van der Waals surface area contributed by atoms with Gasteiger partial charge in [-0.1, -0.05) is 15.9 Å². The molecule has 0 spiro atoms. The van der Waals surface area contributed by atoms with Crippen LogP contribution in [0.3, 0.4) is 0 Å². The molecule has 21 heavy (non-hydrogen) atoms. The maximum absolute atomic E-state index is 9.99. The van der Waals surface area contributed by atoms with E-state index in [0.717, 1.165) is 21.5 Å². The summed E-state index contributed by atoms with van der Waals surface area (Å²) in [6.45, 7) is 0.807. The van der Waals surface area contributed by atoms with E-state index in [-0.39, 0.29) is 12.5 Å². The minimum Gasteiger partial charge on any atom is -0.506 e. The largest absolute Gasteiger partial charge is 0.506 e. The van der Waals surface area contributed by atoms with Crippen molar-refractivity contribution < 1.29 is 14.6 Å². The second kappa shape index (κ2) is 6.17. The minimum atomic E-state index is 0.159.